The van der Waals surface area contributed by atoms with Gasteiger partial charge < -0.3 is 9.88 Å². The summed E-state index contributed by atoms with van der Waals surface area (Å²) in [7, 11) is 0. The molecule has 0 aromatic carbocycles. The summed E-state index contributed by atoms with van der Waals surface area (Å²) in [4.78, 5) is 32.6. The summed E-state index contributed by atoms with van der Waals surface area (Å²) < 4.78 is 0. The molecule has 2 heterocycles. The van der Waals surface area contributed by atoms with Crippen LogP contribution in [0.3, 0.4) is 0 Å². The van der Waals surface area contributed by atoms with Crippen LogP contribution in [0.5, 0.6) is 0 Å². The molecular formula is C17H25N3O2. The first kappa shape index (κ1) is 15.3. The normalized spacial score (nSPS) is 24.9. The predicted octanol–water partition coefficient (Wildman–Crippen LogP) is 1.97. The van der Waals surface area contributed by atoms with Crippen molar-refractivity contribution in [2.45, 2.75) is 52.4 Å². The molecule has 1 N–H and O–H groups in total. The van der Waals surface area contributed by atoms with E-state index in [2.05, 4.69) is 9.97 Å². The lowest BCUT2D eigenvalue weighted by molar-refractivity contribution is -0.133. The van der Waals surface area contributed by atoms with Gasteiger partial charge in [-0.15, -0.1) is 0 Å². The lowest BCUT2D eigenvalue weighted by Gasteiger charge is -2.41. The Balaban J connectivity index is 1.69. The van der Waals surface area contributed by atoms with E-state index in [0.29, 0.717) is 18.0 Å². The number of carbonyl (C=O) groups is 1. The zero-order valence-corrected chi connectivity index (χ0v) is 13.5. The Kier molecular flexibility index (Phi) is 4.32. The minimum absolute atomic E-state index is 0.170. The van der Waals surface area contributed by atoms with Gasteiger partial charge in [0, 0.05) is 30.0 Å². The molecule has 1 aromatic heterocycles. The first-order valence-corrected chi connectivity index (χ1v) is 8.38. The molecule has 22 heavy (non-hydrogen) atoms. The third kappa shape index (κ3) is 3.08. The number of hydrogen-bond acceptors (Lipinski definition) is 3. The Labute approximate surface area is 131 Å². The molecule has 5 nitrogen and oxygen atoms in total. The Hall–Kier alpha value is -1.65. The van der Waals surface area contributed by atoms with E-state index in [1.54, 1.807) is 6.92 Å². The number of hydrogen-bond donors (Lipinski definition) is 1. The van der Waals surface area contributed by atoms with Crippen molar-refractivity contribution in [1.29, 1.82) is 0 Å². The molecule has 1 saturated carbocycles. The summed E-state index contributed by atoms with van der Waals surface area (Å²) in [5.41, 5.74) is 1.96. The highest BCUT2D eigenvalue weighted by atomic mass is 16.2. The maximum absolute atomic E-state index is 12.6. The molecule has 0 radical (unpaired) electrons. The van der Waals surface area contributed by atoms with E-state index >= 15 is 0 Å². The van der Waals surface area contributed by atoms with Crippen LogP contribution in [-0.2, 0) is 11.2 Å². The Morgan fingerprint density at radius 1 is 1.23 bits per heavy atom. The number of nitrogens with zero attached hydrogens (tertiary/aromatic N) is 2. The van der Waals surface area contributed by atoms with Crippen molar-refractivity contribution in [3.8, 4) is 0 Å². The molecule has 1 aliphatic heterocycles. The SMILES string of the molecule is Cc1nc(=O)[nH]c(C)c1CC(=O)N1CC[C@H]2CCCC[C@@H]2C1. The third-order valence-corrected chi connectivity index (χ3v) is 5.42. The largest absolute Gasteiger partial charge is 0.345 e. The molecule has 5 heteroatoms. The molecule has 1 aromatic rings. The number of nitrogens with one attached hydrogen (secondary N) is 1. The van der Waals surface area contributed by atoms with Gasteiger partial charge in [0.1, 0.15) is 0 Å². The van der Waals surface area contributed by atoms with Gasteiger partial charge in [0.05, 0.1) is 6.42 Å². The van der Waals surface area contributed by atoms with Crippen LogP contribution in [0.15, 0.2) is 4.79 Å². The summed E-state index contributed by atoms with van der Waals surface area (Å²) >= 11 is 0. The maximum Gasteiger partial charge on any atom is 0.345 e. The molecule has 2 aliphatic rings. The fourth-order valence-electron chi connectivity index (χ4n) is 4.11. The number of aryl methyl sites for hydroxylation is 2. The number of amides is 1. The molecule has 2 fully saturated rings. The first-order valence-electron chi connectivity index (χ1n) is 8.38. The van der Waals surface area contributed by atoms with E-state index in [1.807, 2.05) is 11.8 Å². The van der Waals surface area contributed by atoms with Crippen LogP contribution in [0, 0.1) is 25.7 Å². The fraction of sp³-hybridized carbons (Fsp3) is 0.706. The maximum atomic E-state index is 12.6. The number of aromatic nitrogens is 2. The van der Waals surface area contributed by atoms with Crippen LogP contribution in [0.4, 0.5) is 0 Å². The fourth-order valence-corrected chi connectivity index (χ4v) is 4.11. The first-order chi connectivity index (χ1) is 10.5. The van der Waals surface area contributed by atoms with Crippen LogP contribution >= 0.6 is 0 Å². The number of aromatic amines is 1. The topological polar surface area (TPSA) is 66.1 Å². The monoisotopic (exact) mass is 303 g/mol. The van der Waals surface area contributed by atoms with Crippen LogP contribution in [0.2, 0.25) is 0 Å². The van der Waals surface area contributed by atoms with Gasteiger partial charge in [-0.3, -0.25) is 4.79 Å². The second kappa shape index (κ2) is 6.23. The van der Waals surface area contributed by atoms with Crippen molar-refractivity contribution in [2.75, 3.05) is 13.1 Å². The molecule has 0 unspecified atom stereocenters. The van der Waals surface area contributed by atoms with E-state index in [1.165, 1.54) is 25.7 Å². The summed E-state index contributed by atoms with van der Waals surface area (Å²) in [5, 5.41) is 0. The van der Waals surface area contributed by atoms with Crippen molar-refractivity contribution < 1.29 is 4.79 Å². The smallest absolute Gasteiger partial charge is 0.342 e. The van der Waals surface area contributed by atoms with Crippen LogP contribution in [0.25, 0.3) is 0 Å². The number of fused-ring (bicyclic) bond motifs is 1. The van der Waals surface area contributed by atoms with Crippen molar-refractivity contribution in [3.05, 3.63) is 27.4 Å². The third-order valence-electron chi connectivity index (χ3n) is 5.42. The number of rotatable bonds is 2. The van der Waals surface area contributed by atoms with E-state index in [9.17, 15) is 9.59 Å². The van der Waals surface area contributed by atoms with Gasteiger partial charge >= 0.3 is 5.69 Å². The quantitative estimate of drug-likeness (QED) is 0.908. The standard InChI is InChI=1S/C17H25N3O2/c1-11-15(12(2)19-17(22)18-11)9-16(21)20-8-7-13-5-3-4-6-14(13)10-20/h13-14H,3-10H2,1-2H3,(H,18,19,22)/t13-,14-/m1/s1. The molecule has 3 rings (SSSR count). The van der Waals surface area contributed by atoms with Crippen molar-refractivity contribution in [1.82, 2.24) is 14.9 Å². The molecule has 120 valence electrons. The van der Waals surface area contributed by atoms with Gasteiger partial charge in [0.25, 0.3) is 0 Å². The molecule has 1 saturated heterocycles. The second-order valence-corrected chi connectivity index (χ2v) is 6.84. The second-order valence-electron chi connectivity index (χ2n) is 6.84. The summed E-state index contributed by atoms with van der Waals surface area (Å²) in [6.07, 6.45) is 6.78. The van der Waals surface area contributed by atoms with Crippen LogP contribution in [-0.4, -0.2) is 33.9 Å². The summed E-state index contributed by atoms with van der Waals surface area (Å²) in [6, 6.07) is 0. The molecule has 0 spiro atoms. The Bertz CT molecular complexity index is 597. The summed E-state index contributed by atoms with van der Waals surface area (Å²) in [6.45, 7) is 5.44. The van der Waals surface area contributed by atoms with Gasteiger partial charge in [0.15, 0.2) is 0 Å². The van der Waals surface area contributed by atoms with Crippen molar-refractivity contribution in [3.63, 3.8) is 0 Å². The molecule has 1 amide bonds. The number of likely N-dealkylation sites (tertiary alicyclic amines) is 1. The highest BCUT2D eigenvalue weighted by molar-refractivity contribution is 5.79. The average Bonchev–Trinajstić information content (AvgIpc) is 2.50. The molecular weight excluding hydrogens is 278 g/mol. The summed E-state index contributed by atoms with van der Waals surface area (Å²) in [5.74, 6) is 1.70. The van der Waals surface area contributed by atoms with Gasteiger partial charge in [0.2, 0.25) is 5.91 Å². The number of carbonyl (C=O) groups excluding carboxylic acids is 1. The lowest BCUT2D eigenvalue weighted by Crippen LogP contribution is -2.45. The average molecular weight is 303 g/mol. The number of piperidine rings is 1. The van der Waals surface area contributed by atoms with Gasteiger partial charge in [-0.25, -0.2) is 4.79 Å². The Morgan fingerprint density at radius 2 is 1.95 bits per heavy atom. The van der Waals surface area contributed by atoms with E-state index in [4.69, 9.17) is 0 Å². The van der Waals surface area contributed by atoms with E-state index < -0.39 is 0 Å². The van der Waals surface area contributed by atoms with Gasteiger partial charge in [-0.05, 0) is 38.5 Å². The van der Waals surface area contributed by atoms with Crippen LogP contribution in [0.1, 0.15) is 49.1 Å². The molecule has 1 aliphatic carbocycles. The zero-order valence-electron chi connectivity index (χ0n) is 13.5. The van der Waals surface area contributed by atoms with Gasteiger partial charge in [-0.1, -0.05) is 19.3 Å². The molecule has 2 atom stereocenters. The predicted molar refractivity (Wildman–Crippen MR) is 84.7 cm³/mol. The zero-order chi connectivity index (χ0) is 15.7. The number of H-pyrrole nitrogens is 1. The highest BCUT2D eigenvalue weighted by Crippen LogP contribution is 2.36. The lowest BCUT2D eigenvalue weighted by atomic mass is 9.75. The van der Waals surface area contributed by atoms with E-state index in [0.717, 1.165) is 36.7 Å². The van der Waals surface area contributed by atoms with Crippen LogP contribution < -0.4 is 5.69 Å². The van der Waals surface area contributed by atoms with Crippen molar-refractivity contribution >= 4 is 5.91 Å². The van der Waals surface area contributed by atoms with Crippen molar-refractivity contribution in [2.24, 2.45) is 11.8 Å². The van der Waals surface area contributed by atoms with Gasteiger partial charge in [-0.2, -0.15) is 4.98 Å². The molecule has 0 bridgehead atoms. The Morgan fingerprint density at radius 3 is 2.68 bits per heavy atom. The minimum Gasteiger partial charge on any atom is -0.342 e. The van der Waals surface area contributed by atoms with E-state index in [-0.39, 0.29) is 11.6 Å². The minimum atomic E-state index is -0.339. The highest BCUT2D eigenvalue weighted by Gasteiger charge is 2.33.